The zero-order chi connectivity index (χ0) is 46.8. The number of H-pyrrole nitrogens is 2. The number of carbonyl (C=O) groups is 7. The highest BCUT2D eigenvalue weighted by molar-refractivity contribution is 6.00. The maximum absolute atomic E-state index is 14.7. The number of benzene rings is 3. The van der Waals surface area contributed by atoms with Crippen LogP contribution in [0.1, 0.15) is 61.8 Å². The molecular weight excluding hydrogens is 847 g/mol. The van der Waals surface area contributed by atoms with Crippen LogP contribution in [-0.4, -0.2) is 105 Å². The number of rotatable bonds is 11. The lowest BCUT2D eigenvalue weighted by Gasteiger charge is -2.32. The van der Waals surface area contributed by atoms with E-state index in [9.17, 15) is 33.6 Å². The Morgan fingerprint density at radius 2 is 1.36 bits per heavy atom. The van der Waals surface area contributed by atoms with Crippen molar-refractivity contribution in [1.29, 1.82) is 0 Å². The van der Waals surface area contributed by atoms with Gasteiger partial charge in [0.1, 0.15) is 35.7 Å². The number of aromatic amines is 2. The Morgan fingerprint density at radius 3 is 2.08 bits per heavy atom. The third kappa shape index (κ3) is 11.5. The molecule has 5 atom stereocenters. The van der Waals surface area contributed by atoms with Crippen LogP contribution in [0.25, 0.3) is 21.7 Å². The number of aromatic nitrogens is 3. The van der Waals surface area contributed by atoms with E-state index in [0.717, 1.165) is 21.7 Å². The van der Waals surface area contributed by atoms with Crippen LogP contribution in [0.5, 0.6) is 0 Å². The molecule has 346 valence electrons. The van der Waals surface area contributed by atoms with Crippen molar-refractivity contribution in [3.8, 4) is 0 Å². The van der Waals surface area contributed by atoms with Gasteiger partial charge in [-0.2, -0.15) is 0 Å². The lowest BCUT2D eigenvalue weighted by molar-refractivity contribution is -0.137. The quantitative estimate of drug-likeness (QED) is 0.0474. The second-order valence-corrected chi connectivity index (χ2v) is 16.9. The van der Waals surface area contributed by atoms with E-state index in [4.69, 9.17) is 17.2 Å². The predicted molar refractivity (Wildman–Crippen MR) is 245 cm³/mol. The van der Waals surface area contributed by atoms with Crippen molar-refractivity contribution < 1.29 is 33.6 Å². The van der Waals surface area contributed by atoms with Gasteiger partial charge >= 0.3 is 0 Å². The number of nitrogens with zero attached hydrogens (tertiary/aromatic N) is 2. The standard InChI is InChI=1S/C46H55N13O7/c47-39(61)34-22-38(60)59-46(15-5-6-16-46)44(66)58-37(21-30-24-50-25-53-30)43(65)56-35(19-26-13-14-27-8-1-2-9-28(27)18-26)41(63)54-33(12-7-17-51-45(48)49)40(62)57-36(42(64)55-34)20-29-23-52-32-11-4-3-10-31(29)32/h1-4,8-11,13-14,18,23-25,33-37,52H,5-7,12,15-17,19-22H2,(H2,47,61)(H,50,53)(H,54,63)(H,55,64)(H,56,65)(H,57,62)(H,58,66)(H,59,60)(H4,48,49,51)/t33-,34-,35+,36-,37-/m0/s1. The van der Waals surface area contributed by atoms with E-state index in [0.29, 0.717) is 29.7 Å². The molecule has 3 heterocycles. The van der Waals surface area contributed by atoms with E-state index in [1.807, 2.05) is 66.7 Å². The van der Waals surface area contributed by atoms with Crippen molar-refractivity contribution in [2.45, 2.75) is 100.0 Å². The van der Waals surface area contributed by atoms with Crippen molar-refractivity contribution >= 4 is 69.0 Å². The van der Waals surface area contributed by atoms with Crippen LogP contribution in [-0.2, 0) is 52.8 Å². The average molecular weight is 902 g/mol. The Kier molecular flexibility index (Phi) is 14.6. The van der Waals surface area contributed by atoms with Gasteiger partial charge < -0.3 is 59.1 Å². The number of amides is 7. The van der Waals surface area contributed by atoms with Crippen molar-refractivity contribution in [3.05, 3.63) is 102 Å². The lowest BCUT2D eigenvalue weighted by atomic mass is 9.94. The van der Waals surface area contributed by atoms with Crippen LogP contribution in [0.2, 0.25) is 0 Å². The second kappa shape index (κ2) is 20.8. The third-order valence-corrected chi connectivity index (χ3v) is 12.1. The van der Waals surface area contributed by atoms with Gasteiger partial charge in [0.25, 0.3) is 0 Å². The molecule has 0 radical (unpaired) electrons. The Balaban J connectivity index is 1.29. The highest BCUT2D eigenvalue weighted by Gasteiger charge is 2.45. The highest BCUT2D eigenvalue weighted by atomic mass is 16.2. The number of primary amides is 1. The molecule has 7 amide bonds. The number of guanidine groups is 1. The molecule has 0 bridgehead atoms. The number of nitrogens with two attached hydrogens (primary N) is 3. The molecule has 2 fully saturated rings. The van der Waals surface area contributed by atoms with E-state index in [-0.39, 0.29) is 57.5 Å². The van der Waals surface area contributed by atoms with Crippen LogP contribution in [0.4, 0.5) is 0 Å². The second-order valence-electron chi connectivity index (χ2n) is 16.9. The summed E-state index contributed by atoms with van der Waals surface area (Å²) in [6.07, 6.45) is 5.53. The number of hydrogen-bond acceptors (Lipinski definition) is 9. The van der Waals surface area contributed by atoms with Crippen molar-refractivity contribution in [1.82, 2.24) is 46.9 Å². The molecule has 66 heavy (non-hydrogen) atoms. The van der Waals surface area contributed by atoms with Gasteiger partial charge in [-0.25, -0.2) is 4.98 Å². The normalized spacial score (nSPS) is 22.2. The van der Waals surface area contributed by atoms with Gasteiger partial charge in [0.05, 0.1) is 12.7 Å². The Hall–Kier alpha value is -7.77. The molecule has 1 aliphatic carbocycles. The van der Waals surface area contributed by atoms with Gasteiger partial charge in [-0.3, -0.25) is 38.6 Å². The number of nitrogens with one attached hydrogen (secondary N) is 8. The van der Waals surface area contributed by atoms with E-state index in [1.54, 1.807) is 6.20 Å². The average Bonchev–Trinajstić information content (AvgIpc) is 4.09. The molecule has 0 unspecified atom stereocenters. The molecule has 2 aromatic heterocycles. The number of aliphatic imine (C=N–C) groups is 1. The zero-order valence-corrected chi connectivity index (χ0v) is 36.2. The predicted octanol–water partition coefficient (Wildman–Crippen LogP) is -0.132. The number of hydrogen-bond donors (Lipinski definition) is 11. The number of imidazole rings is 1. The van der Waals surface area contributed by atoms with Crippen LogP contribution >= 0.6 is 0 Å². The first kappa shape index (κ1) is 46.2. The monoisotopic (exact) mass is 901 g/mol. The smallest absolute Gasteiger partial charge is 0.246 e. The van der Waals surface area contributed by atoms with Gasteiger partial charge in [-0.15, -0.1) is 0 Å². The third-order valence-electron chi connectivity index (χ3n) is 12.1. The van der Waals surface area contributed by atoms with Crippen LogP contribution < -0.4 is 49.1 Å². The molecule has 5 aromatic rings. The van der Waals surface area contributed by atoms with E-state index in [2.05, 4.69) is 51.8 Å². The van der Waals surface area contributed by atoms with E-state index >= 15 is 0 Å². The molecule has 14 N–H and O–H groups in total. The number of para-hydroxylation sites is 1. The fourth-order valence-corrected chi connectivity index (χ4v) is 8.64. The first-order valence-corrected chi connectivity index (χ1v) is 21.9. The molecule has 1 spiro atoms. The van der Waals surface area contributed by atoms with Crippen molar-refractivity contribution in [3.63, 3.8) is 0 Å². The summed E-state index contributed by atoms with van der Waals surface area (Å²) in [5, 5.41) is 19.2. The summed E-state index contributed by atoms with van der Waals surface area (Å²) >= 11 is 0. The Bertz CT molecular complexity index is 2620. The molecule has 20 heteroatoms. The SMILES string of the molecule is NC(=O)[C@@H]1CC(=O)NC2(CCCC2)C(=O)N[C@@H](Cc2cnc[nH]2)C(=O)N[C@H](Cc2ccc3ccccc3c2)C(=O)N[C@@H](CCCN=C(N)N)C(=O)N[C@@H](Cc2c[nH]c3ccccc23)C(=O)N1. The van der Waals surface area contributed by atoms with Crippen molar-refractivity contribution in [2.24, 2.45) is 22.2 Å². The van der Waals surface area contributed by atoms with Crippen LogP contribution in [0.15, 0.2) is 90.4 Å². The molecule has 1 saturated heterocycles. The van der Waals surface area contributed by atoms with Gasteiger partial charge in [-0.1, -0.05) is 73.5 Å². The first-order chi connectivity index (χ1) is 31.8. The minimum atomic E-state index is -1.56. The largest absolute Gasteiger partial charge is 0.370 e. The van der Waals surface area contributed by atoms with Crippen LogP contribution in [0.3, 0.4) is 0 Å². The summed E-state index contributed by atoms with van der Waals surface area (Å²) in [6.45, 7) is 0.0946. The molecule has 7 rings (SSSR count). The molecule has 2 aliphatic rings. The summed E-state index contributed by atoms with van der Waals surface area (Å²) in [7, 11) is 0. The minimum absolute atomic E-state index is 0.0168. The van der Waals surface area contributed by atoms with E-state index in [1.165, 1.54) is 12.5 Å². The maximum Gasteiger partial charge on any atom is 0.246 e. The van der Waals surface area contributed by atoms with Gasteiger partial charge in [-0.05, 0) is 53.6 Å². The Morgan fingerprint density at radius 1 is 0.712 bits per heavy atom. The van der Waals surface area contributed by atoms with Crippen molar-refractivity contribution in [2.75, 3.05) is 6.54 Å². The Labute approximate surface area is 379 Å². The fraction of sp³-hybridized carbons (Fsp3) is 0.370. The molecule has 1 aliphatic heterocycles. The highest BCUT2D eigenvalue weighted by Crippen LogP contribution is 2.31. The van der Waals surface area contributed by atoms with Gasteiger partial charge in [0, 0.05) is 54.8 Å². The fourth-order valence-electron chi connectivity index (χ4n) is 8.64. The molecule has 20 nitrogen and oxygen atoms in total. The zero-order valence-electron chi connectivity index (χ0n) is 36.2. The minimum Gasteiger partial charge on any atom is -0.370 e. The van der Waals surface area contributed by atoms with Crippen LogP contribution in [0, 0.1) is 0 Å². The first-order valence-electron chi connectivity index (χ1n) is 21.9. The van der Waals surface area contributed by atoms with E-state index < -0.39 is 83.5 Å². The summed E-state index contributed by atoms with van der Waals surface area (Å²) in [5.74, 6) is -5.72. The summed E-state index contributed by atoms with van der Waals surface area (Å²) in [4.78, 5) is 113. The summed E-state index contributed by atoms with van der Waals surface area (Å²) < 4.78 is 0. The molecular formula is C46H55N13O7. The van der Waals surface area contributed by atoms with Gasteiger partial charge in [0.15, 0.2) is 5.96 Å². The molecule has 1 saturated carbocycles. The number of carbonyl (C=O) groups excluding carboxylic acids is 7. The van der Waals surface area contributed by atoms with Gasteiger partial charge in [0.2, 0.25) is 41.4 Å². The topological polar surface area (TPSA) is 327 Å². The lowest BCUT2D eigenvalue weighted by Crippen LogP contribution is -2.63. The molecule has 3 aromatic carbocycles. The number of fused-ring (bicyclic) bond motifs is 2. The maximum atomic E-state index is 14.7. The summed E-state index contributed by atoms with van der Waals surface area (Å²) in [6, 6.07) is 13.8. The summed E-state index contributed by atoms with van der Waals surface area (Å²) in [5.41, 5.74) is 18.0.